The fourth-order valence-corrected chi connectivity index (χ4v) is 6.76. The van der Waals surface area contributed by atoms with E-state index >= 15 is 0 Å². The molecule has 0 unspecified atom stereocenters. The van der Waals surface area contributed by atoms with Crippen molar-refractivity contribution in [3.8, 4) is 44.9 Å². The summed E-state index contributed by atoms with van der Waals surface area (Å²) in [7, 11) is 0. The van der Waals surface area contributed by atoms with E-state index in [0.29, 0.717) is 57.7 Å². The van der Waals surface area contributed by atoms with Crippen LogP contribution in [0.2, 0.25) is 10.0 Å². The molecule has 238 valence electrons. The van der Waals surface area contributed by atoms with Crippen molar-refractivity contribution in [3.63, 3.8) is 0 Å². The Bertz CT molecular complexity index is 2030. The second-order valence-corrected chi connectivity index (χ2v) is 12.1. The van der Waals surface area contributed by atoms with E-state index in [0.717, 1.165) is 33.4 Å². The number of rotatable bonds is 7. The lowest BCUT2D eigenvalue weighted by molar-refractivity contribution is -0.122. The fourth-order valence-electron chi connectivity index (χ4n) is 6.09. The number of nitrogens with one attached hydrogen (secondary N) is 2. The van der Waals surface area contributed by atoms with Gasteiger partial charge in [0.1, 0.15) is 23.1 Å². The highest BCUT2D eigenvalue weighted by atomic mass is 35.5. The molecule has 0 atom stereocenters. The molecule has 8 rings (SSSR count). The van der Waals surface area contributed by atoms with Gasteiger partial charge in [0, 0.05) is 47.0 Å². The Hall–Kier alpha value is -5.58. The minimum Gasteiger partial charge on any atom is -0.482 e. The number of carbonyl (C=O) groups excluding carboxylic acids is 2. The zero-order chi connectivity index (χ0) is 32.8. The van der Waals surface area contributed by atoms with E-state index < -0.39 is 0 Å². The number of ether oxygens (including phenoxy) is 2. The minimum absolute atomic E-state index is 0.0701. The molecule has 0 spiro atoms. The number of halogens is 2. The van der Waals surface area contributed by atoms with Crippen LogP contribution in [0.5, 0.6) is 11.5 Å². The number of nitrogens with zero attached hydrogens (tertiary/aromatic N) is 4. The topological polar surface area (TPSA) is 116 Å². The standard InChI is InChI=1S/C36H26Cl2N6O4/c37-35-23(21-7-9-27-29(15-21)47-19-33(45)43(27)17-31-39-11-12-40-31)3-1-5-25(35)26-6-2-4-24(36(26)38)22-8-10-28-30(16-22)48-20-34(46)44(28)18-32-41-13-14-42-32/h1-16H,17-20H2,(H,39,40)(H,41,42). The van der Waals surface area contributed by atoms with Gasteiger partial charge in [-0.25, -0.2) is 9.97 Å². The Morgan fingerprint density at radius 2 is 1.06 bits per heavy atom. The van der Waals surface area contributed by atoms with Gasteiger partial charge in [-0.05, 0) is 35.4 Å². The molecule has 10 nitrogen and oxygen atoms in total. The number of aromatic nitrogens is 4. The molecule has 2 aromatic heterocycles. The third kappa shape index (κ3) is 5.34. The Labute approximate surface area is 284 Å². The van der Waals surface area contributed by atoms with Crippen LogP contribution < -0.4 is 19.3 Å². The molecule has 12 heteroatoms. The number of hydrogen-bond acceptors (Lipinski definition) is 6. The summed E-state index contributed by atoms with van der Waals surface area (Å²) >= 11 is 14.2. The van der Waals surface area contributed by atoms with Crippen molar-refractivity contribution < 1.29 is 19.1 Å². The van der Waals surface area contributed by atoms with Crippen LogP contribution in [0.4, 0.5) is 11.4 Å². The van der Waals surface area contributed by atoms with Crippen LogP contribution in [-0.4, -0.2) is 45.0 Å². The molecule has 4 heterocycles. The molecule has 2 aliphatic rings. The van der Waals surface area contributed by atoms with Crippen LogP contribution in [0, 0.1) is 0 Å². The summed E-state index contributed by atoms with van der Waals surface area (Å²) < 4.78 is 11.7. The first kappa shape index (κ1) is 29.8. The summed E-state index contributed by atoms with van der Waals surface area (Å²) in [5.74, 6) is 2.23. The molecule has 4 aromatic carbocycles. The number of carbonyl (C=O) groups is 2. The average molecular weight is 678 g/mol. The van der Waals surface area contributed by atoms with Gasteiger partial charge in [-0.15, -0.1) is 0 Å². The Balaban J connectivity index is 1.11. The smallest absolute Gasteiger partial charge is 0.265 e. The second-order valence-electron chi connectivity index (χ2n) is 11.3. The molecular formula is C36H26Cl2N6O4. The quantitative estimate of drug-likeness (QED) is 0.183. The maximum absolute atomic E-state index is 12.7. The molecule has 2 N–H and O–H groups in total. The number of fused-ring (bicyclic) bond motifs is 2. The number of aromatic amines is 2. The van der Waals surface area contributed by atoms with Gasteiger partial charge in [-0.2, -0.15) is 0 Å². The van der Waals surface area contributed by atoms with E-state index in [1.165, 1.54) is 0 Å². The van der Waals surface area contributed by atoms with Crippen molar-refractivity contribution in [2.75, 3.05) is 23.0 Å². The zero-order valence-corrected chi connectivity index (χ0v) is 26.8. The first-order valence-corrected chi connectivity index (χ1v) is 15.9. The first-order chi connectivity index (χ1) is 23.4. The third-order valence-corrected chi connectivity index (χ3v) is 9.26. The van der Waals surface area contributed by atoms with Gasteiger partial charge in [-0.3, -0.25) is 19.4 Å². The van der Waals surface area contributed by atoms with E-state index in [1.54, 1.807) is 34.6 Å². The van der Waals surface area contributed by atoms with Crippen LogP contribution in [-0.2, 0) is 22.7 Å². The predicted octanol–water partition coefficient (Wildman–Crippen LogP) is 7.29. The molecule has 6 aromatic rings. The summed E-state index contributed by atoms with van der Waals surface area (Å²) in [4.78, 5) is 43.4. The maximum Gasteiger partial charge on any atom is 0.265 e. The number of hydrogen-bond donors (Lipinski definition) is 2. The number of amides is 2. The monoisotopic (exact) mass is 676 g/mol. The van der Waals surface area contributed by atoms with Gasteiger partial charge in [0.2, 0.25) is 0 Å². The van der Waals surface area contributed by atoms with E-state index in [1.807, 2.05) is 72.8 Å². The lowest BCUT2D eigenvalue weighted by Crippen LogP contribution is -2.38. The van der Waals surface area contributed by atoms with Crippen LogP contribution in [0.15, 0.2) is 97.6 Å². The lowest BCUT2D eigenvalue weighted by Gasteiger charge is -2.29. The SMILES string of the molecule is O=C1COc2cc(-c3cccc(-c4cccc(-c5ccc6c(c5)OCC(=O)N6Cc5ncc[nH]5)c4Cl)c3Cl)ccc2N1Cc1ncc[nH]1. The van der Waals surface area contributed by atoms with Gasteiger partial charge in [-0.1, -0.05) is 71.7 Å². The highest BCUT2D eigenvalue weighted by molar-refractivity contribution is 6.39. The number of anilines is 2. The van der Waals surface area contributed by atoms with E-state index in [4.69, 9.17) is 32.7 Å². The summed E-state index contributed by atoms with van der Waals surface area (Å²) in [5.41, 5.74) is 6.10. The summed E-state index contributed by atoms with van der Waals surface area (Å²) in [6, 6.07) is 23.0. The zero-order valence-electron chi connectivity index (χ0n) is 25.2. The Kier molecular flexibility index (Phi) is 7.59. The van der Waals surface area contributed by atoms with Crippen molar-refractivity contribution in [1.82, 2.24) is 19.9 Å². The van der Waals surface area contributed by atoms with Gasteiger partial charge in [0.15, 0.2) is 13.2 Å². The van der Waals surface area contributed by atoms with E-state index in [-0.39, 0.29) is 25.0 Å². The molecule has 0 aliphatic carbocycles. The fraction of sp³-hybridized carbons (Fsp3) is 0.111. The number of H-pyrrole nitrogens is 2. The Morgan fingerprint density at radius 3 is 1.48 bits per heavy atom. The highest BCUT2D eigenvalue weighted by Gasteiger charge is 2.29. The van der Waals surface area contributed by atoms with Gasteiger partial charge in [0.05, 0.1) is 34.5 Å². The molecular weight excluding hydrogens is 651 g/mol. The second kappa shape index (κ2) is 12.2. The minimum atomic E-state index is -0.147. The number of benzene rings is 4. The molecule has 0 fully saturated rings. The average Bonchev–Trinajstić information content (AvgIpc) is 3.82. The Morgan fingerprint density at radius 1 is 0.625 bits per heavy atom. The lowest BCUT2D eigenvalue weighted by atomic mass is 9.95. The normalized spacial score (nSPS) is 14.0. The molecule has 0 bridgehead atoms. The summed E-state index contributed by atoms with van der Waals surface area (Å²) in [6.45, 7) is 0.480. The predicted molar refractivity (Wildman–Crippen MR) is 183 cm³/mol. The molecule has 48 heavy (non-hydrogen) atoms. The van der Waals surface area contributed by atoms with Crippen molar-refractivity contribution in [3.05, 3.63) is 119 Å². The van der Waals surface area contributed by atoms with Crippen LogP contribution in [0.3, 0.4) is 0 Å². The van der Waals surface area contributed by atoms with Crippen LogP contribution in [0.1, 0.15) is 11.6 Å². The largest absolute Gasteiger partial charge is 0.482 e. The third-order valence-electron chi connectivity index (χ3n) is 8.44. The van der Waals surface area contributed by atoms with Gasteiger partial charge < -0.3 is 19.4 Å². The number of imidazole rings is 2. The molecule has 0 radical (unpaired) electrons. The molecule has 2 aliphatic heterocycles. The maximum atomic E-state index is 12.7. The van der Waals surface area contributed by atoms with Crippen molar-refractivity contribution in [2.24, 2.45) is 0 Å². The molecule has 0 saturated heterocycles. The van der Waals surface area contributed by atoms with E-state index in [9.17, 15) is 9.59 Å². The van der Waals surface area contributed by atoms with Crippen molar-refractivity contribution in [1.29, 1.82) is 0 Å². The van der Waals surface area contributed by atoms with Gasteiger partial charge in [0.25, 0.3) is 11.8 Å². The molecule has 0 saturated carbocycles. The van der Waals surface area contributed by atoms with Crippen LogP contribution >= 0.6 is 23.2 Å². The highest BCUT2D eigenvalue weighted by Crippen LogP contribution is 2.45. The van der Waals surface area contributed by atoms with Crippen LogP contribution in [0.25, 0.3) is 33.4 Å². The van der Waals surface area contributed by atoms with Gasteiger partial charge >= 0.3 is 0 Å². The summed E-state index contributed by atoms with van der Waals surface area (Å²) in [5, 5.41) is 1.05. The van der Waals surface area contributed by atoms with Crippen molar-refractivity contribution in [2.45, 2.75) is 13.1 Å². The molecule has 2 amide bonds. The summed E-state index contributed by atoms with van der Waals surface area (Å²) in [6.07, 6.45) is 6.76. The van der Waals surface area contributed by atoms with Crippen molar-refractivity contribution >= 4 is 46.4 Å². The first-order valence-electron chi connectivity index (χ1n) is 15.1. The van der Waals surface area contributed by atoms with E-state index in [2.05, 4.69) is 19.9 Å².